The number of rotatable bonds is 6. The molecule has 0 aliphatic rings. The van der Waals surface area contributed by atoms with Gasteiger partial charge in [-0.05, 0) is 68.1 Å². The van der Waals surface area contributed by atoms with Crippen molar-refractivity contribution in [1.82, 2.24) is 10.3 Å². The van der Waals surface area contributed by atoms with E-state index in [9.17, 15) is 5.11 Å². The topological polar surface area (TPSA) is 45.2 Å². The van der Waals surface area contributed by atoms with Crippen molar-refractivity contribution in [2.24, 2.45) is 0 Å². The number of phenolic OH excluding ortho intramolecular Hbond substituents is 1. The summed E-state index contributed by atoms with van der Waals surface area (Å²) in [6.45, 7) is 5.25. The van der Waals surface area contributed by atoms with Crippen LogP contribution in [0, 0.1) is 6.92 Å². The molecule has 106 valence electrons. The van der Waals surface area contributed by atoms with Crippen molar-refractivity contribution in [3.05, 3.63) is 59.4 Å². The molecular formula is C17H22N2O. The predicted molar refractivity (Wildman–Crippen MR) is 82.0 cm³/mol. The van der Waals surface area contributed by atoms with Crippen LogP contribution in [-0.2, 0) is 12.8 Å². The molecule has 0 aliphatic heterocycles. The molecule has 1 aromatic carbocycles. The fourth-order valence-electron chi connectivity index (χ4n) is 2.29. The molecule has 2 rings (SSSR count). The Morgan fingerprint density at radius 1 is 1.20 bits per heavy atom. The largest absolute Gasteiger partial charge is 0.508 e. The summed E-state index contributed by atoms with van der Waals surface area (Å²) in [6.07, 6.45) is 5.75. The number of hydrogen-bond acceptors (Lipinski definition) is 3. The lowest BCUT2D eigenvalue weighted by Gasteiger charge is -2.14. The first-order valence-corrected chi connectivity index (χ1v) is 7.06. The Hall–Kier alpha value is -1.87. The molecule has 1 heterocycles. The van der Waals surface area contributed by atoms with Gasteiger partial charge in [0.1, 0.15) is 5.75 Å². The summed E-state index contributed by atoms with van der Waals surface area (Å²) >= 11 is 0. The number of phenols is 1. The highest BCUT2D eigenvalue weighted by molar-refractivity contribution is 5.26. The van der Waals surface area contributed by atoms with Crippen LogP contribution in [0.25, 0.3) is 0 Å². The van der Waals surface area contributed by atoms with Crippen molar-refractivity contribution in [2.45, 2.75) is 32.7 Å². The number of pyridine rings is 1. The Kier molecular flexibility index (Phi) is 5.13. The highest BCUT2D eigenvalue weighted by atomic mass is 16.3. The first-order valence-electron chi connectivity index (χ1n) is 7.06. The predicted octanol–water partition coefficient (Wildman–Crippen LogP) is 2.86. The molecule has 0 bridgehead atoms. The Labute approximate surface area is 120 Å². The van der Waals surface area contributed by atoms with Crippen LogP contribution in [0.2, 0.25) is 0 Å². The third-order valence-corrected chi connectivity index (χ3v) is 3.50. The Morgan fingerprint density at radius 3 is 2.65 bits per heavy atom. The van der Waals surface area contributed by atoms with E-state index in [1.807, 2.05) is 24.5 Å². The number of aryl methyl sites for hydroxylation is 1. The van der Waals surface area contributed by atoms with Gasteiger partial charge in [0, 0.05) is 18.4 Å². The van der Waals surface area contributed by atoms with Crippen LogP contribution in [0.15, 0.2) is 42.7 Å². The summed E-state index contributed by atoms with van der Waals surface area (Å²) in [5.74, 6) is 0.322. The zero-order valence-electron chi connectivity index (χ0n) is 12.1. The van der Waals surface area contributed by atoms with E-state index in [0.29, 0.717) is 11.8 Å². The lowest BCUT2D eigenvalue weighted by Crippen LogP contribution is -2.30. The maximum atomic E-state index is 9.26. The van der Waals surface area contributed by atoms with Crippen LogP contribution < -0.4 is 5.32 Å². The summed E-state index contributed by atoms with van der Waals surface area (Å²) < 4.78 is 0. The Morgan fingerprint density at radius 2 is 1.95 bits per heavy atom. The van der Waals surface area contributed by atoms with Gasteiger partial charge in [-0.2, -0.15) is 0 Å². The van der Waals surface area contributed by atoms with E-state index in [1.54, 1.807) is 12.1 Å². The zero-order valence-corrected chi connectivity index (χ0v) is 12.1. The molecule has 0 spiro atoms. The number of aromatic nitrogens is 1. The minimum Gasteiger partial charge on any atom is -0.508 e. The van der Waals surface area contributed by atoms with Gasteiger partial charge in [-0.15, -0.1) is 0 Å². The van der Waals surface area contributed by atoms with Gasteiger partial charge < -0.3 is 10.4 Å². The third-order valence-electron chi connectivity index (χ3n) is 3.50. The van der Waals surface area contributed by atoms with Crippen LogP contribution in [0.1, 0.15) is 23.6 Å². The van der Waals surface area contributed by atoms with Gasteiger partial charge >= 0.3 is 0 Å². The van der Waals surface area contributed by atoms with Crippen molar-refractivity contribution in [1.29, 1.82) is 0 Å². The molecule has 2 aromatic rings. The van der Waals surface area contributed by atoms with E-state index in [-0.39, 0.29) is 0 Å². The fraction of sp³-hybridized carbons (Fsp3) is 0.353. The molecule has 20 heavy (non-hydrogen) atoms. The second-order valence-corrected chi connectivity index (χ2v) is 5.28. The molecule has 0 aliphatic carbocycles. The van der Waals surface area contributed by atoms with Crippen LogP contribution in [0.4, 0.5) is 0 Å². The van der Waals surface area contributed by atoms with E-state index < -0.39 is 0 Å². The third kappa shape index (κ3) is 4.35. The average molecular weight is 270 g/mol. The molecule has 1 aromatic heterocycles. The molecule has 0 saturated heterocycles. The van der Waals surface area contributed by atoms with Gasteiger partial charge in [0.05, 0.1) is 0 Å². The van der Waals surface area contributed by atoms with Gasteiger partial charge in [-0.1, -0.05) is 12.1 Å². The molecule has 0 amide bonds. The summed E-state index contributed by atoms with van der Waals surface area (Å²) in [4.78, 5) is 4.11. The van der Waals surface area contributed by atoms with Crippen LogP contribution in [0.3, 0.4) is 0 Å². The lowest BCUT2D eigenvalue weighted by molar-refractivity contribution is 0.474. The summed E-state index contributed by atoms with van der Waals surface area (Å²) in [5, 5.41) is 12.8. The Balaban J connectivity index is 1.76. The van der Waals surface area contributed by atoms with Crippen molar-refractivity contribution < 1.29 is 5.11 Å². The fourth-order valence-corrected chi connectivity index (χ4v) is 2.29. The molecule has 0 fully saturated rings. The quantitative estimate of drug-likeness (QED) is 0.848. The molecule has 0 saturated carbocycles. The number of benzene rings is 1. The molecular weight excluding hydrogens is 248 g/mol. The lowest BCUT2D eigenvalue weighted by atomic mass is 10.1. The van der Waals surface area contributed by atoms with Crippen LogP contribution in [0.5, 0.6) is 5.75 Å². The SMILES string of the molecule is Cc1cnccc1CCNC(C)Cc1ccc(O)cc1. The van der Waals surface area contributed by atoms with Crippen molar-refractivity contribution in [3.63, 3.8) is 0 Å². The summed E-state index contributed by atoms with van der Waals surface area (Å²) in [6, 6.07) is 9.93. The van der Waals surface area contributed by atoms with Gasteiger partial charge in [0.15, 0.2) is 0 Å². The second-order valence-electron chi connectivity index (χ2n) is 5.28. The van der Waals surface area contributed by atoms with E-state index in [4.69, 9.17) is 0 Å². The van der Waals surface area contributed by atoms with E-state index in [1.165, 1.54) is 16.7 Å². The van der Waals surface area contributed by atoms with Crippen LogP contribution in [-0.4, -0.2) is 22.7 Å². The summed E-state index contributed by atoms with van der Waals surface area (Å²) in [5.41, 5.74) is 3.84. The monoisotopic (exact) mass is 270 g/mol. The molecule has 1 atom stereocenters. The maximum absolute atomic E-state index is 9.26. The standard InChI is InChI=1S/C17H22N2O/c1-13-12-18-9-7-16(13)8-10-19-14(2)11-15-3-5-17(20)6-4-15/h3-7,9,12,14,19-20H,8,10-11H2,1-2H3. The minimum absolute atomic E-state index is 0.322. The molecule has 1 unspecified atom stereocenters. The molecule has 2 N–H and O–H groups in total. The minimum atomic E-state index is 0.322. The number of hydrogen-bond donors (Lipinski definition) is 2. The number of nitrogens with one attached hydrogen (secondary N) is 1. The molecule has 3 heteroatoms. The highest BCUT2D eigenvalue weighted by Gasteiger charge is 2.04. The first-order chi connectivity index (χ1) is 9.65. The van der Waals surface area contributed by atoms with Gasteiger partial charge in [-0.3, -0.25) is 4.98 Å². The van der Waals surface area contributed by atoms with Gasteiger partial charge in [0.25, 0.3) is 0 Å². The van der Waals surface area contributed by atoms with Crippen molar-refractivity contribution in [3.8, 4) is 5.75 Å². The van der Waals surface area contributed by atoms with Gasteiger partial charge in [0.2, 0.25) is 0 Å². The maximum Gasteiger partial charge on any atom is 0.115 e. The first kappa shape index (κ1) is 14.5. The van der Waals surface area contributed by atoms with E-state index >= 15 is 0 Å². The average Bonchev–Trinajstić information content (AvgIpc) is 2.43. The van der Waals surface area contributed by atoms with Crippen molar-refractivity contribution >= 4 is 0 Å². The zero-order chi connectivity index (χ0) is 14.4. The molecule has 0 radical (unpaired) electrons. The van der Waals surface area contributed by atoms with Crippen molar-refractivity contribution in [2.75, 3.05) is 6.54 Å². The highest BCUT2D eigenvalue weighted by Crippen LogP contribution is 2.11. The molecule has 3 nitrogen and oxygen atoms in total. The normalized spacial score (nSPS) is 12.3. The number of nitrogens with zero attached hydrogens (tertiary/aromatic N) is 1. The van der Waals surface area contributed by atoms with Gasteiger partial charge in [-0.25, -0.2) is 0 Å². The smallest absolute Gasteiger partial charge is 0.115 e. The van der Waals surface area contributed by atoms with Crippen LogP contribution >= 0.6 is 0 Å². The Bertz CT molecular complexity index is 537. The van der Waals surface area contributed by atoms with E-state index in [2.05, 4.69) is 30.2 Å². The summed E-state index contributed by atoms with van der Waals surface area (Å²) in [7, 11) is 0. The van der Waals surface area contributed by atoms with E-state index in [0.717, 1.165) is 19.4 Å². The second kappa shape index (κ2) is 7.06. The number of aromatic hydroxyl groups is 1.